The van der Waals surface area contributed by atoms with Gasteiger partial charge < -0.3 is 14.6 Å². The fourth-order valence-electron chi connectivity index (χ4n) is 1.29. The molecule has 7 heteroatoms. The molecule has 1 rings (SSSR count). The van der Waals surface area contributed by atoms with Gasteiger partial charge in [0.2, 0.25) is 5.90 Å². The maximum absolute atomic E-state index is 11.6. The van der Waals surface area contributed by atoms with Crippen molar-refractivity contribution < 1.29 is 48.9 Å². The van der Waals surface area contributed by atoms with Crippen LogP contribution in [-0.4, -0.2) is 43.7 Å². The van der Waals surface area contributed by atoms with Gasteiger partial charge in [-0.3, -0.25) is 4.79 Å². The molecule has 6 nitrogen and oxygen atoms in total. The quantitative estimate of drug-likeness (QED) is 0.219. The summed E-state index contributed by atoms with van der Waals surface area (Å²) in [5, 5.41) is 15.9. The zero-order valence-electron chi connectivity index (χ0n) is 10.4. The van der Waals surface area contributed by atoms with E-state index in [1.165, 1.54) is 5.01 Å². The minimum absolute atomic E-state index is 0. The third-order valence-corrected chi connectivity index (χ3v) is 2.02. The molecule has 1 aliphatic heterocycles. The molecule has 0 unspecified atom stereocenters. The van der Waals surface area contributed by atoms with E-state index < -0.39 is 5.91 Å². The van der Waals surface area contributed by atoms with Gasteiger partial charge in [0.05, 0.1) is 12.2 Å². The van der Waals surface area contributed by atoms with Crippen molar-refractivity contribution in [2.45, 2.75) is 13.3 Å². The van der Waals surface area contributed by atoms with Crippen LogP contribution in [0.3, 0.4) is 0 Å². The van der Waals surface area contributed by atoms with Crippen molar-refractivity contribution in [3.8, 4) is 0 Å². The second-order valence-electron chi connectivity index (χ2n) is 3.14. The van der Waals surface area contributed by atoms with E-state index in [0.29, 0.717) is 32.4 Å². The predicted molar refractivity (Wildman–Crippen MR) is 55.4 cm³/mol. The number of amides is 1. The van der Waals surface area contributed by atoms with Crippen LogP contribution >= 0.6 is 0 Å². The molecule has 0 radical (unpaired) electrons. The van der Waals surface area contributed by atoms with E-state index in [0.717, 1.165) is 0 Å². The van der Waals surface area contributed by atoms with Crippen molar-refractivity contribution in [2.24, 2.45) is 5.10 Å². The van der Waals surface area contributed by atoms with Crippen molar-refractivity contribution >= 4 is 11.8 Å². The monoisotopic (exact) mass is 250 g/mol. The number of hydrazone groups is 1. The SMILES string of the molecule is CCOC1=NN(CCCOC)C(=O)/C1=C\[O-].[Na+]. The van der Waals surface area contributed by atoms with Gasteiger partial charge in [-0.05, 0) is 13.3 Å². The van der Waals surface area contributed by atoms with Gasteiger partial charge in [-0.25, -0.2) is 5.01 Å². The van der Waals surface area contributed by atoms with Gasteiger partial charge in [-0.2, -0.15) is 0 Å². The Balaban J connectivity index is 0.00000256. The Kier molecular flexibility index (Phi) is 8.24. The summed E-state index contributed by atoms with van der Waals surface area (Å²) >= 11 is 0. The summed E-state index contributed by atoms with van der Waals surface area (Å²) in [6, 6.07) is 0. The Hall–Kier alpha value is -0.560. The molecule has 0 aromatic rings. The Morgan fingerprint density at radius 3 is 2.76 bits per heavy atom. The number of ether oxygens (including phenoxy) is 2. The molecule has 0 saturated heterocycles. The molecule has 0 aliphatic carbocycles. The fourth-order valence-corrected chi connectivity index (χ4v) is 1.29. The van der Waals surface area contributed by atoms with E-state index >= 15 is 0 Å². The first-order chi connectivity index (χ1) is 7.74. The largest absolute Gasteiger partial charge is 1.00 e. The molecule has 0 aromatic heterocycles. The average Bonchev–Trinajstić information content (AvgIpc) is 2.56. The maximum Gasteiger partial charge on any atom is 1.00 e. The van der Waals surface area contributed by atoms with Crippen LogP contribution in [0.15, 0.2) is 16.9 Å². The summed E-state index contributed by atoms with van der Waals surface area (Å²) in [5.74, 6) is -0.297. The second kappa shape index (κ2) is 8.52. The van der Waals surface area contributed by atoms with Gasteiger partial charge in [0.1, 0.15) is 0 Å². The summed E-state index contributed by atoms with van der Waals surface area (Å²) in [6.45, 7) is 3.10. The molecule has 17 heavy (non-hydrogen) atoms. The van der Waals surface area contributed by atoms with Crippen molar-refractivity contribution in [1.82, 2.24) is 5.01 Å². The van der Waals surface area contributed by atoms with Crippen LogP contribution in [0.1, 0.15) is 13.3 Å². The van der Waals surface area contributed by atoms with Crippen LogP contribution in [0.5, 0.6) is 0 Å². The van der Waals surface area contributed by atoms with Crippen molar-refractivity contribution in [3.63, 3.8) is 0 Å². The Bertz CT molecular complexity index is 317. The number of hydrogen-bond donors (Lipinski definition) is 0. The number of carbonyl (C=O) groups is 1. The molecule has 0 saturated carbocycles. The Morgan fingerprint density at radius 1 is 1.53 bits per heavy atom. The number of methoxy groups -OCH3 is 1. The fraction of sp³-hybridized carbons (Fsp3) is 0.600. The standard InChI is InChI=1S/C10H16N2O4.Na/c1-3-16-9-8(7-13)10(14)12(11-9)5-4-6-15-2;/h7,13H,3-6H2,1-2H3;/q;+1/p-1/b8-7-;. The van der Waals surface area contributed by atoms with E-state index in [9.17, 15) is 9.90 Å². The van der Waals surface area contributed by atoms with E-state index in [1.807, 2.05) is 0 Å². The maximum atomic E-state index is 11.6. The van der Waals surface area contributed by atoms with Gasteiger partial charge in [0.25, 0.3) is 5.91 Å². The zero-order chi connectivity index (χ0) is 12.0. The van der Waals surface area contributed by atoms with Gasteiger partial charge in [0.15, 0.2) is 0 Å². The smallest absolute Gasteiger partial charge is 0.877 e. The van der Waals surface area contributed by atoms with E-state index in [-0.39, 0.29) is 41.0 Å². The first kappa shape index (κ1) is 16.4. The molecule has 1 aliphatic rings. The van der Waals surface area contributed by atoms with Gasteiger partial charge in [-0.1, -0.05) is 0 Å². The van der Waals surface area contributed by atoms with E-state index in [1.54, 1.807) is 14.0 Å². The normalized spacial score (nSPS) is 17.1. The molecule has 0 fully saturated rings. The van der Waals surface area contributed by atoms with Gasteiger partial charge >= 0.3 is 29.6 Å². The topological polar surface area (TPSA) is 74.2 Å². The molecule has 0 aromatic carbocycles. The number of nitrogens with zero attached hydrogens (tertiary/aromatic N) is 2. The Labute approximate surface area is 123 Å². The molecule has 0 spiro atoms. The van der Waals surface area contributed by atoms with Crippen LogP contribution in [0.4, 0.5) is 0 Å². The summed E-state index contributed by atoms with van der Waals surface area (Å²) < 4.78 is 9.97. The molecular weight excluding hydrogens is 235 g/mol. The first-order valence-electron chi connectivity index (χ1n) is 5.09. The Morgan fingerprint density at radius 2 is 2.24 bits per heavy atom. The molecular formula is C10H15N2NaO4. The molecule has 0 N–H and O–H groups in total. The van der Waals surface area contributed by atoms with Crippen molar-refractivity contribution in [3.05, 3.63) is 11.8 Å². The van der Waals surface area contributed by atoms with Crippen LogP contribution in [0, 0.1) is 0 Å². The molecule has 1 amide bonds. The zero-order valence-corrected chi connectivity index (χ0v) is 12.4. The number of rotatable bonds is 5. The number of carbonyl (C=O) groups excluding carboxylic acids is 1. The summed E-state index contributed by atoms with van der Waals surface area (Å²) in [6.07, 6.45) is 1.14. The molecule has 0 atom stereocenters. The summed E-state index contributed by atoms with van der Waals surface area (Å²) in [5.41, 5.74) is -0.0146. The average molecular weight is 250 g/mol. The van der Waals surface area contributed by atoms with Crippen molar-refractivity contribution in [2.75, 3.05) is 26.9 Å². The van der Waals surface area contributed by atoms with E-state index in [4.69, 9.17) is 9.47 Å². The van der Waals surface area contributed by atoms with Crippen LogP contribution < -0.4 is 34.7 Å². The molecule has 90 valence electrons. The van der Waals surface area contributed by atoms with Crippen molar-refractivity contribution in [1.29, 1.82) is 0 Å². The first-order valence-corrected chi connectivity index (χ1v) is 5.09. The van der Waals surface area contributed by atoms with Gasteiger partial charge in [-0.15, -0.1) is 11.4 Å². The van der Waals surface area contributed by atoms with Crippen LogP contribution in [0.2, 0.25) is 0 Å². The van der Waals surface area contributed by atoms with Crippen LogP contribution in [0.25, 0.3) is 0 Å². The third-order valence-electron chi connectivity index (χ3n) is 2.02. The van der Waals surface area contributed by atoms with Gasteiger partial charge in [0, 0.05) is 20.3 Å². The molecule has 1 heterocycles. The second-order valence-corrected chi connectivity index (χ2v) is 3.14. The van der Waals surface area contributed by atoms with E-state index in [2.05, 4.69) is 5.10 Å². The summed E-state index contributed by atoms with van der Waals surface area (Å²) in [7, 11) is 1.59. The molecule has 0 bridgehead atoms. The van der Waals surface area contributed by atoms with Crippen LogP contribution in [-0.2, 0) is 14.3 Å². The predicted octanol–water partition coefficient (Wildman–Crippen LogP) is -3.54. The third kappa shape index (κ3) is 4.31. The minimum Gasteiger partial charge on any atom is -0.877 e. The summed E-state index contributed by atoms with van der Waals surface area (Å²) in [4.78, 5) is 11.6. The number of hydrogen-bond acceptors (Lipinski definition) is 5. The minimum atomic E-state index is -0.408.